The average Bonchev–Trinajstić information content (AvgIpc) is 3.32. The molecule has 0 aliphatic carbocycles. The molecule has 0 spiro atoms. The molecule has 1 saturated heterocycles. The highest BCUT2D eigenvalue weighted by atomic mass is 19.1. The summed E-state index contributed by atoms with van der Waals surface area (Å²) in [6.07, 6.45) is -3.51. The van der Waals surface area contributed by atoms with Crippen LogP contribution in [-0.4, -0.2) is 71.4 Å². The van der Waals surface area contributed by atoms with Crippen LogP contribution in [0.4, 0.5) is 20.7 Å². The van der Waals surface area contributed by atoms with Crippen LogP contribution in [0.2, 0.25) is 0 Å². The van der Waals surface area contributed by atoms with Crippen molar-refractivity contribution in [3.05, 3.63) is 42.7 Å². The number of hydrogen-bond acceptors (Lipinski definition) is 9. The lowest BCUT2D eigenvalue weighted by molar-refractivity contribution is -0.145. The fraction of sp³-hybridized carbons (Fsp3) is 0.316. The molecule has 0 bridgehead atoms. The maximum absolute atomic E-state index is 13.9. The van der Waals surface area contributed by atoms with Gasteiger partial charge in [-0.2, -0.15) is 0 Å². The maximum atomic E-state index is 13.9. The third-order valence-electron chi connectivity index (χ3n) is 5.09. The molecule has 0 unspecified atom stereocenters. The molecule has 13 heteroatoms. The number of anilines is 2. The first-order valence-electron chi connectivity index (χ1n) is 9.65. The minimum atomic E-state index is -1.65. The number of ether oxygens (including phenoxy) is 1. The number of carbonyl (C=O) groups is 2. The van der Waals surface area contributed by atoms with Gasteiger partial charge in [-0.25, -0.2) is 24.1 Å². The third kappa shape index (κ3) is 3.62. The summed E-state index contributed by atoms with van der Waals surface area (Å²) in [5.41, 5.74) is 6.13. The number of carbonyl (C=O) groups excluding carboxylic acids is 2. The number of nitrogens with one attached hydrogen (secondary N) is 1. The van der Waals surface area contributed by atoms with Gasteiger partial charge < -0.3 is 26.0 Å². The Balaban J connectivity index is 1.56. The Bertz CT molecular complexity index is 1170. The molecule has 0 saturated carbocycles. The van der Waals surface area contributed by atoms with Gasteiger partial charge in [0.15, 0.2) is 23.8 Å². The molecule has 1 aliphatic rings. The minimum absolute atomic E-state index is 0.0930. The van der Waals surface area contributed by atoms with Gasteiger partial charge in [-0.15, -0.1) is 0 Å². The number of aliphatic hydroxyl groups excluding tert-OH is 2. The molecule has 0 radical (unpaired) electrons. The van der Waals surface area contributed by atoms with Crippen LogP contribution in [0.15, 0.2) is 36.9 Å². The van der Waals surface area contributed by atoms with Crippen LogP contribution in [0.1, 0.15) is 13.2 Å². The van der Waals surface area contributed by atoms with Crippen molar-refractivity contribution in [2.75, 3.05) is 17.6 Å². The first kappa shape index (κ1) is 21.5. The van der Waals surface area contributed by atoms with E-state index in [0.717, 1.165) is 11.0 Å². The lowest BCUT2D eigenvalue weighted by Crippen LogP contribution is -2.49. The van der Waals surface area contributed by atoms with Gasteiger partial charge in [0.25, 0.3) is 5.91 Å². The second-order valence-electron chi connectivity index (χ2n) is 7.00. The van der Waals surface area contributed by atoms with Crippen molar-refractivity contribution in [2.45, 2.75) is 31.5 Å². The number of likely N-dealkylation sites (N-methyl/N-ethyl adjacent to an activating group) is 1. The summed E-state index contributed by atoms with van der Waals surface area (Å²) >= 11 is 0. The largest absolute Gasteiger partial charge is 0.387 e. The van der Waals surface area contributed by atoms with Crippen LogP contribution in [-0.2, 0) is 9.53 Å². The summed E-state index contributed by atoms with van der Waals surface area (Å²) in [5, 5.41) is 23.3. The lowest BCUT2D eigenvalue weighted by atomic mass is 10.1. The molecule has 1 aromatic carbocycles. The van der Waals surface area contributed by atoms with E-state index in [4.69, 9.17) is 10.5 Å². The second kappa shape index (κ2) is 8.45. The molecule has 2 aromatic heterocycles. The van der Waals surface area contributed by atoms with Gasteiger partial charge in [-0.3, -0.25) is 14.3 Å². The van der Waals surface area contributed by atoms with E-state index in [1.54, 1.807) is 0 Å². The Labute approximate surface area is 180 Å². The summed E-state index contributed by atoms with van der Waals surface area (Å²) in [6.45, 7) is 1.43. The predicted molar refractivity (Wildman–Crippen MR) is 108 cm³/mol. The maximum Gasteiger partial charge on any atom is 0.328 e. The number of hydrogen-bond donors (Lipinski definition) is 4. The van der Waals surface area contributed by atoms with Crippen LogP contribution in [0, 0.1) is 5.82 Å². The highest BCUT2D eigenvalue weighted by molar-refractivity contribution is 6.03. The van der Waals surface area contributed by atoms with Gasteiger partial charge in [-0.05, 0) is 19.1 Å². The first-order valence-corrected chi connectivity index (χ1v) is 9.65. The molecule has 1 aliphatic heterocycles. The van der Waals surface area contributed by atoms with Crippen molar-refractivity contribution in [3.8, 4) is 0 Å². The third-order valence-corrected chi connectivity index (χ3v) is 5.09. The molecule has 4 atom stereocenters. The van der Waals surface area contributed by atoms with Crippen molar-refractivity contribution in [1.29, 1.82) is 0 Å². The number of aliphatic hydroxyl groups is 2. The van der Waals surface area contributed by atoms with Gasteiger partial charge in [0.1, 0.15) is 29.9 Å². The van der Waals surface area contributed by atoms with Gasteiger partial charge >= 0.3 is 6.03 Å². The first-order chi connectivity index (χ1) is 15.3. The van der Waals surface area contributed by atoms with E-state index in [-0.39, 0.29) is 29.2 Å². The number of amides is 3. The second-order valence-corrected chi connectivity index (χ2v) is 7.00. The van der Waals surface area contributed by atoms with E-state index < -0.39 is 42.3 Å². The highest BCUT2D eigenvalue weighted by Crippen LogP contribution is 2.33. The molecule has 4 rings (SSSR count). The van der Waals surface area contributed by atoms with Gasteiger partial charge in [0.2, 0.25) is 0 Å². The fourth-order valence-corrected chi connectivity index (χ4v) is 3.45. The Morgan fingerprint density at radius 2 is 2.00 bits per heavy atom. The number of fused-ring (bicyclic) bond motifs is 1. The zero-order chi connectivity index (χ0) is 23.0. The average molecular weight is 445 g/mol. The van der Waals surface area contributed by atoms with E-state index in [1.807, 2.05) is 0 Å². The molecular weight excluding hydrogens is 425 g/mol. The van der Waals surface area contributed by atoms with E-state index in [1.165, 1.54) is 42.3 Å². The van der Waals surface area contributed by atoms with Crippen LogP contribution in [0.5, 0.6) is 0 Å². The quantitative estimate of drug-likeness (QED) is 0.440. The minimum Gasteiger partial charge on any atom is -0.387 e. The van der Waals surface area contributed by atoms with E-state index in [9.17, 15) is 24.2 Å². The summed E-state index contributed by atoms with van der Waals surface area (Å²) < 4.78 is 20.8. The molecular formula is C19H20FN7O5. The van der Waals surface area contributed by atoms with Crippen molar-refractivity contribution in [1.82, 2.24) is 24.4 Å². The van der Waals surface area contributed by atoms with E-state index in [2.05, 4.69) is 20.3 Å². The molecule has 5 N–H and O–H groups in total. The molecule has 1 fully saturated rings. The number of benzene rings is 1. The van der Waals surface area contributed by atoms with Crippen molar-refractivity contribution >= 4 is 34.6 Å². The topological polar surface area (TPSA) is 169 Å². The summed E-state index contributed by atoms with van der Waals surface area (Å²) in [4.78, 5) is 38.3. The van der Waals surface area contributed by atoms with Crippen LogP contribution < -0.4 is 11.1 Å². The Hall–Kier alpha value is -3.68. The van der Waals surface area contributed by atoms with Gasteiger partial charge in [0.05, 0.1) is 12.0 Å². The summed E-state index contributed by atoms with van der Waals surface area (Å²) in [5.74, 6) is -1.48. The van der Waals surface area contributed by atoms with Crippen LogP contribution in [0.25, 0.3) is 11.2 Å². The van der Waals surface area contributed by atoms with Crippen molar-refractivity contribution in [2.24, 2.45) is 0 Å². The number of nitrogens with zero attached hydrogens (tertiary/aromatic N) is 5. The normalized spacial score (nSPS) is 22.8. The number of halogens is 1. The van der Waals surface area contributed by atoms with Crippen LogP contribution >= 0.6 is 0 Å². The number of aromatic nitrogens is 4. The lowest BCUT2D eigenvalue weighted by Gasteiger charge is -2.24. The highest BCUT2D eigenvalue weighted by Gasteiger charge is 2.49. The molecule has 32 heavy (non-hydrogen) atoms. The SMILES string of the molecule is CCN(C(=O)Nc1ccccc1F)C(=O)[C@H]1O[C@@H](n2cnc3c(N)ncnc32)[C@H](O)[C@@H]1O. The Morgan fingerprint density at radius 3 is 2.72 bits per heavy atom. The molecule has 3 aromatic rings. The summed E-state index contributed by atoms with van der Waals surface area (Å²) in [7, 11) is 0. The number of nitrogen functional groups attached to an aromatic ring is 1. The van der Waals surface area contributed by atoms with Crippen LogP contribution in [0.3, 0.4) is 0 Å². The monoisotopic (exact) mass is 445 g/mol. The molecule has 12 nitrogen and oxygen atoms in total. The standard InChI is InChI=1S/C19H20FN7O5/c1-2-26(19(31)25-10-6-4-3-5-9(10)20)17(30)14-12(28)13(29)18(32-14)27-8-24-11-15(21)22-7-23-16(11)27/h3-8,12-14,18,28-29H,2H2,1H3,(H,25,31)(H2,21,22,23)/t12-,13+,14-,18+/m0/s1. The number of rotatable bonds is 4. The Kier molecular flexibility index (Phi) is 5.69. The number of imide groups is 1. The number of para-hydroxylation sites is 1. The van der Waals surface area contributed by atoms with E-state index in [0.29, 0.717) is 0 Å². The molecule has 3 heterocycles. The van der Waals surface area contributed by atoms with E-state index >= 15 is 0 Å². The zero-order valence-corrected chi connectivity index (χ0v) is 16.8. The smallest absolute Gasteiger partial charge is 0.328 e. The fourth-order valence-electron chi connectivity index (χ4n) is 3.45. The summed E-state index contributed by atoms with van der Waals surface area (Å²) in [6, 6.07) is 4.56. The van der Waals surface area contributed by atoms with Crippen molar-refractivity contribution in [3.63, 3.8) is 0 Å². The van der Waals surface area contributed by atoms with Crippen molar-refractivity contribution < 1.29 is 28.9 Å². The number of urea groups is 1. The Morgan fingerprint density at radius 1 is 1.25 bits per heavy atom. The van der Waals surface area contributed by atoms with Gasteiger partial charge in [0, 0.05) is 6.54 Å². The zero-order valence-electron chi connectivity index (χ0n) is 16.8. The molecule has 3 amide bonds. The predicted octanol–water partition coefficient (Wildman–Crippen LogP) is 0.247. The molecule has 168 valence electrons. The number of nitrogens with two attached hydrogens (primary N) is 1. The van der Waals surface area contributed by atoms with Gasteiger partial charge in [-0.1, -0.05) is 12.1 Å². The number of imidazole rings is 1.